The molecular weight excluding hydrogens is 301 g/mol. The van der Waals surface area contributed by atoms with Gasteiger partial charge in [-0.1, -0.05) is 18.2 Å². The highest BCUT2D eigenvalue weighted by Gasteiger charge is 2.26. The lowest BCUT2D eigenvalue weighted by Crippen LogP contribution is -2.44. The van der Waals surface area contributed by atoms with Crippen LogP contribution in [0.25, 0.3) is 0 Å². The third kappa shape index (κ3) is 5.32. The second kappa shape index (κ2) is 8.62. The zero-order valence-electron chi connectivity index (χ0n) is 13.0. The van der Waals surface area contributed by atoms with E-state index < -0.39 is 5.97 Å². The number of rotatable bonds is 7. The van der Waals surface area contributed by atoms with Crippen molar-refractivity contribution in [3.8, 4) is 0 Å². The van der Waals surface area contributed by atoms with Crippen LogP contribution in [-0.2, 0) is 20.7 Å². The van der Waals surface area contributed by atoms with Gasteiger partial charge in [0.2, 0.25) is 5.91 Å². The first kappa shape index (κ1) is 17.4. The Kier molecular flexibility index (Phi) is 6.52. The lowest BCUT2D eigenvalue weighted by molar-refractivity contribution is -0.140. The van der Waals surface area contributed by atoms with Gasteiger partial charge >= 0.3 is 5.97 Å². The van der Waals surface area contributed by atoms with Gasteiger partial charge in [0.15, 0.2) is 0 Å². The Morgan fingerprint density at radius 2 is 1.91 bits per heavy atom. The van der Waals surface area contributed by atoms with E-state index in [2.05, 4.69) is 0 Å². The Morgan fingerprint density at radius 1 is 1.22 bits per heavy atom. The summed E-state index contributed by atoms with van der Waals surface area (Å²) in [7, 11) is 0. The van der Waals surface area contributed by atoms with Crippen LogP contribution in [0.2, 0.25) is 0 Å². The molecule has 0 bridgehead atoms. The van der Waals surface area contributed by atoms with E-state index in [0.29, 0.717) is 38.0 Å². The van der Waals surface area contributed by atoms with Crippen molar-refractivity contribution in [2.24, 2.45) is 0 Å². The number of carbonyl (C=O) groups is 2. The van der Waals surface area contributed by atoms with Crippen LogP contribution in [0.1, 0.15) is 31.2 Å². The van der Waals surface area contributed by atoms with Crippen LogP contribution in [0, 0.1) is 5.82 Å². The molecule has 1 aliphatic rings. The number of carboxylic acid groups (broad SMARTS) is 1. The smallest absolute Gasteiger partial charge is 0.305 e. The molecule has 1 heterocycles. The van der Waals surface area contributed by atoms with Crippen molar-refractivity contribution in [1.82, 2.24) is 4.90 Å². The highest BCUT2D eigenvalue weighted by molar-refractivity contribution is 5.77. The van der Waals surface area contributed by atoms with E-state index in [-0.39, 0.29) is 37.2 Å². The van der Waals surface area contributed by atoms with Crippen LogP contribution in [0.15, 0.2) is 24.3 Å². The van der Waals surface area contributed by atoms with Gasteiger partial charge in [-0.15, -0.1) is 0 Å². The van der Waals surface area contributed by atoms with Gasteiger partial charge in [0.25, 0.3) is 0 Å². The number of benzene rings is 1. The van der Waals surface area contributed by atoms with E-state index in [1.54, 1.807) is 23.1 Å². The average Bonchev–Trinajstić information content (AvgIpc) is 2.55. The summed E-state index contributed by atoms with van der Waals surface area (Å²) >= 11 is 0. The Bertz CT molecular complexity index is 543. The van der Waals surface area contributed by atoms with Gasteiger partial charge in [0.1, 0.15) is 5.82 Å². The number of carboxylic acids is 1. The Hall–Kier alpha value is -1.95. The molecule has 2 rings (SSSR count). The zero-order chi connectivity index (χ0) is 16.7. The molecule has 5 nitrogen and oxygen atoms in total. The fraction of sp³-hybridized carbons (Fsp3) is 0.529. The maximum Gasteiger partial charge on any atom is 0.305 e. The molecule has 0 aliphatic carbocycles. The van der Waals surface area contributed by atoms with Gasteiger partial charge in [-0.25, -0.2) is 4.39 Å². The number of halogens is 1. The van der Waals surface area contributed by atoms with E-state index in [1.807, 2.05) is 0 Å². The highest BCUT2D eigenvalue weighted by atomic mass is 19.1. The minimum absolute atomic E-state index is 0.0104. The van der Waals surface area contributed by atoms with Gasteiger partial charge < -0.3 is 14.7 Å². The third-order valence-corrected chi connectivity index (χ3v) is 4.08. The summed E-state index contributed by atoms with van der Waals surface area (Å²) in [4.78, 5) is 25.0. The van der Waals surface area contributed by atoms with Crippen LogP contribution in [0.4, 0.5) is 4.39 Å². The number of nitrogens with zero attached hydrogens (tertiary/aromatic N) is 1. The van der Waals surface area contributed by atoms with Gasteiger partial charge in [-0.2, -0.15) is 0 Å². The summed E-state index contributed by atoms with van der Waals surface area (Å²) in [5.74, 6) is -1.37. The molecule has 0 atom stereocenters. The molecule has 0 saturated carbocycles. The standard InChI is InChI=1S/C17H22FNO4/c18-15-4-2-1-3-13(15)5-6-16(20)19(10-7-17(21)22)14-8-11-23-12-9-14/h1-4,14H,5-12H2,(H,21,22). The Morgan fingerprint density at radius 3 is 2.57 bits per heavy atom. The summed E-state index contributed by atoms with van der Waals surface area (Å²) < 4.78 is 18.9. The van der Waals surface area contributed by atoms with Crippen molar-refractivity contribution >= 4 is 11.9 Å². The maximum absolute atomic E-state index is 13.6. The first-order valence-electron chi connectivity index (χ1n) is 7.90. The highest BCUT2D eigenvalue weighted by Crippen LogP contribution is 2.17. The summed E-state index contributed by atoms with van der Waals surface area (Å²) in [6, 6.07) is 6.40. The Labute approximate surface area is 135 Å². The number of ether oxygens (including phenoxy) is 1. The van der Waals surface area contributed by atoms with Gasteiger partial charge in [0, 0.05) is 32.2 Å². The van der Waals surface area contributed by atoms with Gasteiger partial charge in [-0.3, -0.25) is 9.59 Å². The molecule has 0 spiro atoms. The normalized spacial score (nSPS) is 15.3. The molecule has 1 aromatic carbocycles. The molecule has 6 heteroatoms. The van der Waals surface area contributed by atoms with Crippen LogP contribution >= 0.6 is 0 Å². The van der Waals surface area contributed by atoms with Crippen LogP contribution in [-0.4, -0.2) is 47.7 Å². The van der Waals surface area contributed by atoms with E-state index in [1.165, 1.54) is 6.07 Å². The fourth-order valence-electron chi connectivity index (χ4n) is 2.81. The van der Waals surface area contributed by atoms with Crippen LogP contribution in [0.5, 0.6) is 0 Å². The monoisotopic (exact) mass is 323 g/mol. The first-order valence-corrected chi connectivity index (χ1v) is 7.90. The second-order valence-corrected chi connectivity index (χ2v) is 5.67. The number of amides is 1. The van der Waals surface area contributed by atoms with Crippen LogP contribution < -0.4 is 0 Å². The van der Waals surface area contributed by atoms with E-state index in [4.69, 9.17) is 9.84 Å². The number of aryl methyl sites for hydroxylation is 1. The van der Waals surface area contributed by atoms with Crippen molar-refractivity contribution in [3.63, 3.8) is 0 Å². The SMILES string of the molecule is O=C(O)CCN(C(=O)CCc1ccccc1F)C1CCOCC1. The number of aliphatic carboxylic acids is 1. The third-order valence-electron chi connectivity index (χ3n) is 4.08. The zero-order valence-corrected chi connectivity index (χ0v) is 13.0. The summed E-state index contributed by atoms with van der Waals surface area (Å²) in [5, 5.41) is 8.87. The topological polar surface area (TPSA) is 66.8 Å². The number of hydrogen-bond donors (Lipinski definition) is 1. The lowest BCUT2D eigenvalue weighted by Gasteiger charge is -2.34. The average molecular weight is 323 g/mol. The van der Waals surface area contributed by atoms with Crippen molar-refractivity contribution in [3.05, 3.63) is 35.6 Å². The minimum Gasteiger partial charge on any atom is -0.481 e. The van der Waals surface area contributed by atoms with Crippen LogP contribution in [0.3, 0.4) is 0 Å². The van der Waals surface area contributed by atoms with E-state index in [0.717, 1.165) is 0 Å². The van der Waals surface area contributed by atoms with Gasteiger partial charge in [-0.05, 0) is 30.9 Å². The summed E-state index contributed by atoms with van der Waals surface area (Å²) in [6.07, 6.45) is 1.84. The van der Waals surface area contributed by atoms with Crippen molar-refractivity contribution in [2.45, 2.75) is 38.1 Å². The van der Waals surface area contributed by atoms with Crippen molar-refractivity contribution < 1.29 is 23.8 Å². The molecule has 1 aromatic rings. The molecule has 1 saturated heterocycles. The summed E-state index contributed by atoms with van der Waals surface area (Å²) in [5.41, 5.74) is 0.506. The van der Waals surface area contributed by atoms with Gasteiger partial charge in [0.05, 0.1) is 6.42 Å². The van der Waals surface area contributed by atoms with Crippen molar-refractivity contribution in [2.75, 3.05) is 19.8 Å². The molecule has 0 aromatic heterocycles. The predicted octanol–water partition coefficient (Wildman–Crippen LogP) is 2.24. The maximum atomic E-state index is 13.6. The summed E-state index contributed by atoms with van der Waals surface area (Å²) in [6.45, 7) is 1.35. The lowest BCUT2D eigenvalue weighted by atomic mass is 10.0. The van der Waals surface area contributed by atoms with Crippen molar-refractivity contribution in [1.29, 1.82) is 0 Å². The second-order valence-electron chi connectivity index (χ2n) is 5.67. The minimum atomic E-state index is -0.927. The molecule has 0 radical (unpaired) electrons. The largest absolute Gasteiger partial charge is 0.481 e. The molecule has 23 heavy (non-hydrogen) atoms. The molecular formula is C17H22FNO4. The number of carbonyl (C=O) groups excluding carboxylic acids is 1. The quantitative estimate of drug-likeness (QED) is 0.836. The van der Waals surface area contributed by atoms with E-state index in [9.17, 15) is 14.0 Å². The first-order chi connectivity index (χ1) is 11.1. The molecule has 1 amide bonds. The molecule has 1 aliphatic heterocycles. The van der Waals surface area contributed by atoms with E-state index >= 15 is 0 Å². The predicted molar refractivity (Wildman–Crippen MR) is 82.5 cm³/mol. The molecule has 126 valence electrons. The Balaban J connectivity index is 1.97. The molecule has 1 N–H and O–H groups in total. The molecule has 1 fully saturated rings. The fourth-order valence-corrected chi connectivity index (χ4v) is 2.81. The molecule has 0 unspecified atom stereocenters. The number of hydrogen-bond acceptors (Lipinski definition) is 3.